The van der Waals surface area contributed by atoms with Crippen molar-refractivity contribution in [2.75, 3.05) is 22.7 Å². The molecule has 0 aliphatic rings. The van der Waals surface area contributed by atoms with Gasteiger partial charge in [-0.3, -0.25) is 4.72 Å². The van der Waals surface area contributed by atoms with E-state index in [0.29, 0.717) is 12.2 Å². The van der Waals surface area contributed by atoms with E-state index in [1.165, 1.54) is 18.2 Å². The molecule has 34 heavy (non-hydrogen) atoms. The van der Waals surface area contributed by atoms with Crippen molar-refractivity contribution in [2.45, 2.75) is 44.7 Å². The number of aliphatic carboxylic acids is 1. The average Bonchev–Trinajstić information content (AvgIpc) is 2.74. The molecule has 188 valence electrons. The normalized spacial score (nSPS) is 11.2. The molecule has 0 aliphatic heterocycles. The minimum absolute atomic E-state index is 0.0806. The van der Waals surface area contributed by atoms with Crippen LogP contribution in [-0.2, 0) is 14.8 Å². The van der Waals surface area contributed by atoms with E-state index in [2.05, 4.69) is 11.6 Å². The van der Waals surface area contributed by atoms with Gasteiger partial charge in [-0.2, -0.15) is 13.2 Å². The average molecular weight is 505 g/mol. The summed E-state index contributed by atoms with van der Waals surface area (Å²) in [5.74, 6) is -3.84. The van der Waals surface area contributed by atoms with Crippen molar-refractivity contribution in [1.82, 2.24) is 0 Å². The van der Waals surface area contributed by atoms with Crippen LogP contribution in [0.1, 0.15) is 42.6 Å². The number of anilines is 2. The summed E-state index contributed by atoms with van der Waals surface area (Å²) in [6, 6.07) is 11.1. The van der Waals surface area contributed by atoms with E-state index in [-0.39, 0.29) is 16.1 Å². The van der Waals surface area contributed by atoms with E-state index in [9.17, 15) is 31.5 Å². The van der Waals surface area contributed by atoms with Gasteiger partial charge >= 0.3 is 18.1 Å². The molecule has 0 aromatic heterocycles. The van der Waals surface area contributed by atoms with E-state index in [4.69, 9.17) is 9.90 Å². The molecule has 0 bridgehead atoms. The summed E-state index contributed by atoms with van der Waals surface area (Å²) in [7, 11) is -3.78. The van der Waals surface area contributed by atoms with Crippen LogP contribution in [-0.4, -0.2) is 49.8 Å². The van der Waals surface area contributed by atoms with E-state index >= 15 is 0 Å². The summed E-state index contributed by atoms with van der Waals surface area (Å²) < 4.78 is 59.3. The Morgan fingerprint density at radius 2 is 1.59 bits per heavy atom. The molecule has 0 saturated heterocycles. The van der Waals surface area contributed by atoms with Crippen LogP contribution in [0.15, 0.2) is 47.4 Å². The van der Waals surface area contributed by atoms with Crippen LogP contribution in [0.3, 0.4) is 0 Å². The molecule has 0 atom stereocenters. The Morgan fingerprint density at radius 1 is 1.03 bits per heavy atom. The molecule has 0 spiro atoms. The Kier molecular flexibility index (Phi) is 10.4. The number of aryl methyl sites for hydroxylation is 1. The van der Waals surface area contributed by atoms with Gasteiger partial charge in [-0.15, -0.1) is 0 Å². The first kappa shape index (κ1) is 28.8. The molecule has 0 heterocycles. The predicted octanol–water partition coefficient (Wildman–Crippen LogP) is 4.75. The van der Waals surface area contributed by atoms with Crippen LogP contribution in [0, 0.1) is 6.92 Å². The van der Waals surface area contributed by atoms with Gasteiger partial charge in [-0.05, 0) is 50.6 Å². The maximum Gasteiger partial charge on any atom is 0.490 e. The Morgan fingerprint density at radius 3 is 2.03 bits per heavy atom. The van der Waals surface area contributed by atoms with Crippen molar-refractivity contribution in [2.24, 2.45) is 0 Å². The quantitative estimate of drug-likeness (QED) is 0.450. The summed E-state index contributed by atoms with van der Waals surface area (Å²) in [6.07, 6.45) is -3.12. The van der Waals surface area contributed by atoms with E-state index in [1.807, 2.05) is 18.7 Å². The zero-order valence-corrected chi connectivity index (χ0v) is 19.7. The number of sulfonamides is 1. The highest BCUT2D eigenvalue weighted by Crippen LogP contribution is 2.26. The molecular formula is C22H27F3N2O6S. The van der Waals surface area contributed by atoms with Crippen molar-refractivity contribution >= 4 is 33.3 Å². The molecule has 0 radical (unpaired) electrons. The van der Waals surface area contributed by atoms with Gasteiger partial charge in [-0.1, -0.05) is 31.0 Å². The van der Waals surface area contributed by atoms with Gasteiger partial charge in [0, 0.05) is 18.8 Å². The molecule has 0 fully saturated rings. The number of carboxylic acid groups (broad SMARTS) is 2. The maximum atomic E-state index is 12.5. The van der Waals surface area contributed by atoms with E-state index in [0.717, 1.165) is 24.9 Å². The third kappa shape index (κ3) is 8.58. The third-order valence-electron chi connectivity index (χ3n) is 4.56. The smallest absolute Gasteiger partial charge is 0.478 e. The molecular weight excluding hydrogens is 477 g/mol. The van der Waals surface area contributed by atoms with Gasteiger partial charge < -0.3 is 15.1 Å². The molecule has 12 heteroatoms. The topological polar surface area (TPSA) is 124 Å². The van der Waals surface area contributed by atoms with Crippen molar-refractivity contribution in [3.8, 4) is 0 Å². The number of alkyl halides is 3. The van der Waals surface area contributed by atoms with E-state index in [1.54, 1.807) is 24.3 Å². The van der Waals surface area contributed by atoms with Crippen LogP contribution in [0.5, 0.6) is 0 Å². The number of halogens is 3. The van der Waals surface area contributed by atoms with Gasteiger partial charge in [-0.25, -0.2) is 18.0 Å². The second-order valence-electron chi connectivity index (χ2n) is 7.19. The monoisotopic (exact) mass is 504 g/mol. The summed E-state index contributed by atoms with van der Waals surface area (Å²) in [5, 5.41) is 16.7. The zero-order chi connectivity index (χ0) is 26.1. The molecule has 2 aromatic rings. The minimum Gasteiger partial charge on any atom is -0.478 e. The van der Waals surface area contributed by atoms with Gasteiger partial charge in [0.15, 0.2) is 0 Å². The van der Waals surface area contributed by atoms with Gasteiger partial charge in [0.2, 0.25) is 0 Å². The van der Waals surface area contributed by atoms with Gasteiger partial charge in [0.25, 0.3) is 10.0 Å². The highest BCUT2D eigenvalue weighted by atomic mass is 32.2. The van der Waals surface area contributed by atoms with Gasteiger partial charge in [0.1, 0.15) is 0 Å². The SMILES string of the molecule is CCCCN(CC)c1ccc(NS(=O)(=O)c2ccc(C)cc2)cc1C(=O)O.O=C(O)C(F)(F)F. The van der Waals surface area contributed by atoms with Crippen molar-refractivity contribution < 1.29 is 41.4 Å². The number of hydrogen-bond donors (Lipinski definition) is 3. The third-order valence-corrected chi connectivity index (χ3v) is 5.95. The molecule has 2 rings (SSSR count). The molecule has 8 nitrogen and oxygen atoms in total. The summed E-state index contributed by atoms with van der Waals surface area (Å²) in [4.78, 5) is 22.8. The number of nitrogens with zero attached hydrogens (tertiary/aromatic N) is 1. The van der Waals surface area contributed by atoms with Crippen molar-refractivity contribution in [3.05, 3.63) is 53.6 Å². The fraction of sp³-hybridized carbons (Fsp3) is 0.364. The molecule has 0 saturated carbocycles. The van der Waals surface area contributed by atoms with Crippen LogP contribution in [0.2, 0.25) is 0 Å². The van der Waals surface area contributed by atoms with Crippen LogP contribution in [0.25, 0.3) is 0 Å². The largest absolute Gasteiger partial charge is 0.490 e. The van der Waals surface area contributed by atoms with Crippen molar-refractivity contribution in [3.63, 3.8) is 0 Å². The molecule has 0 amide bonds. The molecule has 2 aromatic carbocycles. The fourth-order valence-corrected chi connectivity index (χ4v) is 3.83. The number of nitrogens with one attached hydrogen (secondary N) is 1. The number of aromatic carboxylic acids is 1. The number of rotatable bonds is 9. The van der Waals surface area contributed by atoms with Crippen LogP contribution >= 0.6 is 0 Å². The lowest BCUT2D eigenvalue weighted by Crippen LogP contribution is -2.26. The number of hydrogen-bond acceptors (Lipinski definition) is 5. The summed E-state index contributed by atoms with van der Waals surface area (Å²) >= 11 is 0. The molecule has 0 aliphatic carbocycles. The molecule has 3 N–H and O–H groups in total. The number of unbranched alkanes of at least 4 members (excludes halogenated alkanes) is 1. The van der Waals surface area contributed by atoms with E-state index < -0.39 is 28.1 Å². The Hall–Kier alpha value is -3.28. The first-order chi connectivity index (χ1) is 15.7. The number of carbonyl (C=O) groups is 2. The second-order valence-corrected chi connectivity index (χ2v) is 8.87. The first-order valence-electron chi connectivity index (χ1n) is 10.2. The minimum atomic E-state index is -5.08. The van der Waals surface area contributed by atoms with Gasteiger partial charge in [0.05, 0.1) is 16.1 Å². The zero-order valence-electron chi connectivity index (χ0n) is 18.9. The summed E-state index contributed by atoms with van der Waals surface area (Å²) in [5.41, 5.74) is 1.86. The number of carboxylic acids is 2. The Bertz CT molecular complexity index is 1090. The first-order valence-corrected chi connectivity index (χ1v) is 11.7. The lowest BCUT2D eigenvalue weighted by atomic mass is 10.1. The Balaban J connectivity index is 0.000000718. The van der Waals surface area contributed by atoms with Crippen LogP contribution in [0.4, 0.5) is 24.5 Å². The van der Waals surface area contributed by atoms with Crippen molar-refractivity contribution in [1.29, 1.82) is 0 Å². The summed E-state index contributed by atoms with van der Waals surface area (Å²) in [6.45, 7) is 7.35. The highest BCUT2D eigenvalue weighted by Gasteiger charge is 2.38. The lowest BCUT2D eigenvalue weighted by Gasteiger charge is -2.25. The fourth-order valence-electron chi connectivity index (χ4n) is 2.78. The van der Waals surface area contributed by atoms with Crippen LogP contribution < -0.4 is 9.62 Å². The predicted molar refractivity (Wildman–Crippen MR) is 122 cm³/mol. The molecule has 0 unspecified atom stereocenters. The lowest BCUT2D eigenvalue weighted by molar-refractivity contribution is -0.192. The standard InChI is InChI=1S/C20H26N2O4S.C2HF3O2/c1-4-6-13-22(5-2)19-12-9-16(14-18(19)20(23)24)21-27(25,26)17-10-7-15(3)8-11-17;3-2(4,5)1(6)7/h7-12,14,21H,4-6,13H2,1-3H3,(H,23,24);(H,6,7). The Labute approximate surface area is 196 Å². The second kappa shape index (κ2) is 12.3. The highest BCUT2D eigenvalue weighted by molar-refractivity contribution is 7.92. The maximum absolute atomic E-state index is 12.5. The number of benzene rings is 2.